The van der Waals surface area contributed by atoms with E-state index in [1.54, 1.807) is 16.8 Å². The van der Waals surface area contributed by atoms with Gasteiger partial charge in [-0.3, -0.25) is 9.48 Å². The van der Waals surface area contributed by atoms with Gasteiger partial charge in [0.25, 0.3) is 5.56 Å². The van der Waals surface area contributed by atoms with Gasteiger partial charge in [-0.1, -0.05) is 0 Å². The number of hydrogen-bond acceptors (Lipinski definition) is 1. The van der Waals surface area contributed by atoms with E-state index in [-0.39, 0.29) is 11.4 Å². The lowest BCUT2D eigenvalue weighted by Gasteiger charge is -2.13. The van der Waals surface area contributed by atoms with E-state index in [1.807, 2.05) is 0 Å². The molecule has 2 aliphatic carbocycles. The molecule has 3 nitrogen and oxygen atoms in total. The Kier molecular flexibility index (Phi) is 2.81. The molecule has 0 radical (unpaired) electrons. The average molecular weight is 286 g/mol. The van der Waals surface area contributed by atoms with Gasteiger partial charge >= 0.3 is 0 Å². The van der Waals surface area contributed by atoms with Crippen LogP contribution >= 0.6 is 0 Å². The number of benzene rings is 1. The Hall–Kier alpha value is -1.84. The molecule has 21 heavy (non-hydrogen) atoms. The summed E-state index contributed by atoms with van der Waals surface area (Å²) in [6.07, 6.45) is 4.64. The summed E-state index contributed by atoms with van der Waals surface area (Å²) < 4.78 is 17.0. The molecule has 2 saturated carbocycles. The minimum Gasteiger partial charge on any atom is -0.282 e. The number of nitrogens with zero attached hydrogens (tertiary/aromatic N) is 2. The van der Waals surface area contributed by atoms with E-state index in [0.29, 0.717) is 11.8 Å². The monoisotopic (exact) mass is 286 g/mol. The maximum atomic E-state index is 13.2. The van der Waals surface area contributed by atoms with Gasteiger partial charge in [0.1, 0.15) is 5.82 Å². The molecule has 0 saturated heterocycles. The quantitative estimate of drug-likeness (QED) is 0.844. The molecule has 4 heteroatoms. The average Bonchev–Trinajstić information content (AvgIpc) is 3.37. The molecular formula is C17H19FN2O. The van der Waals surface area contributed by atoms with Gasteiger partial charge in [-0.2, -0.15) is 0 Å². The number of hydrogen-bond donors (Lipinski definition) is 0. The summed E-state index contributed by atoms with van der Waals surface area (Å²) in [4.78, 5) is 12.9. The fraction of sp³-hybridized carbons (Fsp3) is 0.471. The molecule has 0 atom stereocenters. The van der Waals surface area contributed by atoms with E-state index in [1.165, 1.54) is 30.7 Å². The van der Waals surface area contributed by atoms with E-state index >= 15 is 0 Å². The first-order chi connectivity index (χ1) is 10.2. The minimum absolute atomic E-state index is 0.104. The van der Waals surface area contributed by atoms with Gasteiger partial charge in [-0.15, -0.1) is 0 Å². The van der Waals surface area contributed by atoms with Crippen molar-refractivity contribution in [3.63, 3.8) is 0 Å². The predicted molar refractivity (Wildman–Crippen MR) is 79.6 cm³/mol. The second-order valence-corrected chi connectivity index (χ2v) is 6.16. The molecular weight excluding hydrogens is 267 g/mol. The maximum Gasteiger partial charge on any atom is 0.275 e. The molecule has 110 valence electrons. The third-order valence-corrected chi connectivity index (χ3v) is 4.54. The van der Waals surface area contributed by atoms with Crippen LogP contribution in [0, 0.1) is 5.82 Å². The first kappa shape index (κ1) is 12.9. The van der Waals surface area contributed by atoms with Gasteiger partial charge in [0, 0.05) is 23.7 Å². The Bertz CT molecular complexity index is 733. The van der Waals surface area contributed by atoms with Crippen LogP contribution in [0.5, 0.6) is 0 Å². The van der Waals surface area contributed by atoms with Gasteiger partial charge in [0.15, 0.2) is 0 Å². The Morgan fingerprint density at radius 3 is 2.24 bits per heavy atom. The molecule has 0 bridgehead atoms. The Balaban J connectivity index is 1.95. The minimum atomic E-state index is -0.272. The van der Waals surface area contributed by atoms with Gasteiger partial charge in [-0.25, -0.2) is 9.07 Å². The zero-order valence-corrected chi connectivity index (χ0v) is 12.2. The van der Waals surface area contributed by atoms with E-state index in [2.05, 4.69) is 11.6 Å². The van der Waals surface area contributed by atoms with Crippen molar-refractivity contribution in [2.75, 3.05) is 0 Å². The van der Waals surface area contributed by atoms with Crippen LogP contribution in [-0.4, -0.2) is 9.36 Å². The normalized spacial score (nSPS) is 18.2. The van der Waals surface area contributed by atoms with Crippen molar-refractivity contribution in [2.45, 2.75) is 51.0 Å². The molecule has 0 amide bonds. The van der Waals surface area contributed by atoms with Gasteiger partial charge in [0.05, 0.1) is 5.69 Å². The van der Waals surface area contributed by atoms with E-state index in [9.17, 15) is 9.18 Å². The Morgan fingerprint density at radius 2 is 1.71 bits per heavy atom. The lowest BCUT2D eigenvalue weighted by atomic mass is 10.1. The van der Waals surface area contributed by atoms with E-state index in [0.717, 1.165) is 30.6 Å². The first-order valence-corrected chi connectivity index (χ1v) is 7.82. The van der Waals surface area contributed by atoms with Crippen LogP contribution in [0.3, 0.4) is 0 Å². The van der Waals surface area contributed by atoms with Crippen LogP contribution in [-0.2, 0) is 6.54 Å². The topological polar surface area (TPSA) is 26.9 Å². The molecule has 4 rings (SSSR count). The summed E-state index contributed by atoms with van der Waals surface area (Å²) in [7, 11) is 0. The molecule has 2 fully saturated rings. The Labute approximate surface area is 123 Å². The lowest BCUT2D eigenvalue weighted by Crippen LogP contribution is -2.22. The molecule has 0 spiro atoms. The third kappa shape index (κ3) is 2.04. The highest BCUT2D eigenvalue weighted by molar-refractivity contribution is 5.39. The SMILES string of the molecule is CCn1c(C2CC2)c(C2CC2)c(=O)n1-c1ccc(F)cc1. The zero-order valence-electron chi connectivity index (χ0n) is 12.2. The predicted octanol–water partition coefficient (Wildman–Crippen LogP) is 3.55. The molecule has 2 aliphatic rings. The number of rotatable bonds is 4. The molecule has 1 aromatic heterocycles. The smallest absolute Gasteiger partial charge is 0.275 e. The highest BCUT2D eigenvalue weighted by Crippen LogP contribution is 2.48. The summed E-state index contributed by atoms with van der Waals surface area (Å²) in [6.45, 7) is 2.84. The number of halogens is 1. The van der Waals surface area contributed by atoms with Crippen LogP contribution in [0.2, 0.25) is 0 Å². The summed E-state index contributed by atoms with van der Waals surface area (Å²) in [5.41, 5.74) is 3.14. The van der Waals surface area contributed by atoms with Gasteiger partial charge in [0.2, 0.25) is 0 Å². The molecule has 2 aromatic rings. The zero-order chi connectivity index (χ0) is 14.6. The molecule has 0 N–H and O–H groups in total. The van der Waals surface area contributed by atoms with Crippen LogP contribution in [0.4, 0.5) is 4.39 Å². The summed E-state index contributed by atoms with van der Waals surface area (Å²) in [5, 5.41) is 0. The van der Waals surface area contributed by atoms with E-state index < -0.39 is 0 Å². The maximum absolute atomic E-state index is 13.2. The largest absolute Gasteiger partial charge is 0.282 e. The van der Waals surface area contributed by atoms with Gasteiger partial charge in [-0.05, 0) is 62.8 Å². The summed E-state index contributed by atoms with van der Waals surface area (Å²) in [6, 6.07) is 6.22. The van der Waals surface area contributed by atoms with Crippen molar-refractivity contribution in [1.82, 2.24) is 9.36 Å². The second kappa shape index (κ2) is 4.58. The number of aromatic nitrogens is 2. The fourth-order valence-corrected chi connectivity index (χ4v) is 3.27. The highest BCUT2D eigenvalue weighted by atomic mass is 19.1. The van der Waals surface area contributed by atoms with Crippen molar-refractivity contribution in [3.8, 4) is 5.69 Å². The highest BCUT2D eigenvalue weighted by Gasteiger charge is 2.39. The van der Waals surface area contributed by atoms with Crippen molar-refractivity contribution >= 4 is 0 Å². The van der Waals surface area contributed by atoms with Crippen LogP contribution < -0.4 is 5.56 Å². The second-order valence-electron chi connectivity index (χ2n) is 6.16. The molecule has 1 aromatic carbocycles. The van der Waals surface area contributed by atoms with Crippen LogP contribution in [0.15, 0.2) is 29.1 Å². The fourth-order valence-electron chi connectivity index (χ4n) is 3.27. The van der Waals surface area contributed by atoms with Crippen molar-refractivity contribution < 1.29 is 4.39 Å². The molecule has 1 heterocycles. The standard InChI is InChI=1S/C17H19FN2O/c1-2-19-16(12-5-6-12)15(11-3-4-11)17(21)20(19)14-9-7-13(18)8-10-14/h7-12H,2-6H2,1H3. The third-order valence-electron chi connectivity index (χ3n) is 4.54. The molecule has 0 unspecified atom stereocenters. The van der Waals surface area contributed by atoms with Crippen LogP contribution in [0.25, 0.3) is 5.69 Å². The van der Waals surface area contributed by atoms with Gasteiger partial charge < -0.3 is 0 Å². The summed E-state index contributed by atoms with van der Waals surface area (Å²) in [5.74, 6) is 0.730. The Morgan fingerprint density at radius 1 is 1.10 bits per heavy atom. The van der Waals surface area contributed by atoms with Crippen molar-refractivity contribution in [3.05, 3.63) is 51.7 Å². The first-order valence-electron chi connectivity index (χ1n) is 7.82. The summed E-state index contributed by atoms with van der Waals surface area (Å²) >= 11 is 0. The van der Waals surface area contributed by atoms with Crippen LogP contribution in [0.1, 0.15) is 55.7 Å². The molecule has 0 aliphatic heterocycles. The lowest BCUT2D eigenvalue weighted by molar-refractivity contribution is 0.547. The van der Waals surface area contributed by atoms with E-state index in [4.69, 9.17) is 0 Å². The van der Waals surface area contributed by atoms with Crippen molar-refractivity contribution in [2.24, 2.45) is 0 Å². The van der Waals surface area contributed by atoms with Crippen molar-refractivity contribution in [1.29, 1.82) is 0 Å².